The molecule has 4 nitrogen and oxygen atoms in total. The van der Waals surface area contributed by atoms with E-state index in [4.69, 9.17) is 33.6 Å². The van der Waals surface area contributed by atoms with Gasteiger partial charge in [-0.2, -0.15) is 5.26 Å². The molecule has 2 aromatic carbocycles. The first-order chi connectivity index (χ1) is 10.5. The highest BCUT2D eigenvalue weighted by Crippen LogP contribution is 2.33. The van der Waals surface area contributed by atoms with Crippen LogP contribution >= 0.6 is 23.2 Å². The predicted octanol–water partition coefficient (Wildman–Crippen LogP) is 4.73. The molecule has 0 aliphatic carbocycles. The Morgan fingerprint density at radius 3 is 2.36 bits per heavy atom. The van der Waals surface area contributed by atoms with E-state index in [1.165, 1.54) is 6.08 Å². The molecule has 0 saturated carbocycles. The summed E-state index contributed by atoms with van der Waals surface area (Å²) in [5.74, 6) is -1.28. The lowest BCUT2D eigenvalue weighted by molar-refractivity contribution is -0.132. The lowest BCUT2D eigenvalue weighted by Gasteiger charge is -2.12. The molecular weight excluding hydrogens is 323 g/mol. The molecular formula is C16H10Cl2N2O2. The van der Waals surface area contributed by atoms with E-state index in [0.29, 0.717) is 27.0 Å². The number of nitrogens with one attached hydrogen (secondary N) is 1. The van der Waals surface area contributed by atoms with E-state index >= 15 is 0 Å². The van der Waals surface area contributed by atoms with Crippen LogP contribution in [0.5, 0.6) is 0 Å². The number of aliphatic carboxylic acids is 1. The van der Waals surface area contributed by atoms with Crippen molar-refractivity contribution in [3.63, 3.8) is 0 Å². The molecule has 0 unspecified atom stereocenters. The third-order valence-electron chi connectivity index (χ3n) is 2.83. The number of halogens is 2. The Morgan fingerprint density at radius 1 is 1.14 bits per heavy atom. The lowest BCUT2D eigenvalue weighted by atomic mass is 10.1. The minimum atomic E-state index is -1.28. The van der Waals surface area contributed by atoms with Gasteiger partial charge in [-0.3, -0.25) is 0 Å². The number of carboxylic acids is 1. The number of carbonyl (C=O) groups is 1. The molecule has 0 radical (unpaired) electrons. The molecule has 0 spiro atoms. The van der Waals surface area contributed by atoms with Crippen LogP contribution in [0.1, 0.15) is 5.56 Å². The van der Waals surface area contributed by atoms with Crippen LogP contribution in [0, 0.1) is 11.3 Å². The Balaban J connectivity index is 2.46. The lowest BCUT2D eigenvalue weighted by Crippen LogP contribution is -1.99. The third-order valence-corrected chi connectivity index (χ3v) is 3.46. The Labute approximate surface area is 137 Å². The van der Waals surface area contributed by atoms with E-state index in [1.54, 1.807) is 48.5 Å². The molecule has 0 fully saturated rings. The molecule has 2 aromatic rings. The SMILES string of the molecule is N#C/C(=C/c1ccccc1Nc1c(Cl)cccc1Cl)C(=O)O. The average Bonchev–Trinajstić information content (AvgIpc) is 2.49. The van der Waals surface area contributed by atoms with Crippen molar-refractivity contribution in [2.45, 2.75) is 0 Å². The summed E-state index contributed by atoms with van der Waals surface area (Å²) in [6.07, 6.45) is 1.29. The highest BCUT2D eigenvalue weighted by atomic mass is 35.5. The first-order valence-electron chi connectivity index (χ1n) is 6.18. The van der Waals surface area contributed by atoms with Crippen LogP contribution in [-0.4, -0.2) is 11.1 Å². The van der Waals surface area contributed by atoms with E-state index in [9.17, 15) is 4.79 Å². The van der Waals surface area contributed by atoms with Crippen LogP contribution in [0.15, 0.2) is 48.0 Å². The number of para-hydroxylation sites is 2. The largest absolute Gasteiger partial charge is 0.477 e. The van der Waals surface area contributed by atoms with Crippen LogP contribution in [0.4, 0.5) is 11.4 Å². The highest BCUT2D eigenvalue weighted by Gasteiger charge is 2.10. The first-order valence-corrected chi connectivity index (χ1v) is 6.93. The molecule has 0 heterocycles. The van der Waals surface area contributed by atoms with Gasteiger partial charge in [0.05, 0.1) is 15.7 Å². The average molecular weight is 333 g/mol. The molecule has 0 saturated heterocycles. The molecule has 0 amide bonds. The maximum atomic E-state index is 11.0. The second kappa shape index (κ2) is 6.99. The molecule has 0 atom stereocenters. The van der Waals surface area contributed by atoms with Gasteiger partial charge in [0.1, 0.15) is 11.6 Å². The Morgan fingerprint density at radius 2 is 1.77 bits per heavy atom. The number of carboxylic acid groups (broad SMARTS) is 1. The normalized spacial score (nSPS) is 10.9. The number of rotatable bonds is 4. The van der Waals surface area contributed by atoms with Crippen molar-refractivity contribution in [1.29, 1.82) is 5.26 Å². The van der Waals surface area contributed by atoms with Gasteiger partial charge >= 0.3 is 5.97 Å². The monoisotopic (exact) mass is 332 g/mol. The van der Waals surface area contributed by atoms with Crippen molar-refractivity contribution in [1.82, 2.24) is 0 Å². The highest BCUT2D eigenvalue weighted by molar-refractivity contribution is 6.39. The molecule has 110 valence electrons. The topological polar surface area (TPSA) is 73.1 Å². The van der Waals surface area contributed by atoms with Crippen LogP contribution in [0.2, 0.25) is 10.0 Å². The smallest absolute Gasteiger partial charge is 0.346 e. The zero-order valence-corrected chi connectivity index (χ0v) is 12.7. The molecule has 0 bridgehead atoms. The van der Waals surface area contributed by atoms with Gasteiger partial charge in [-0.1, -0.05) is 47.5 Å². The van der Waals surface area contributed by atoms with Crippen molar-refractivity contribution in [3.8, 4) is 6.07 Å². The van der Waals surface area contributed by atoms with Crippen LogP contribution in [0.3, 0.4) is 0 Å². The second-order valence-electron chi connectivity index (χ2n) is 4.28. The number of hydrogen-bond donors (Lipinski definition) is 2. The predicted molar refractivity (Wildman–Crippen MR) is 87.4 cm³/mol. The zero-order chi connectivity index (χ0) is 16.1. The van der Waals surface area contributed by atoms with Crippen molar-refractivity contribution >= 4 is 46.6 Å². The van der Waals surface area contributed by atoms with E-state index in [-0.39, 0.29) is 5.57 Å². The molecule has 6 heteroatoms. The van der Waals surface area contributed by atoms with Crippen LogP contribution in [0.25, 0.3) is 6.08 Å². The molecule has 0 aliphatic heterocycles. The fourth-order valence-corrected chi connectivity index (χ4v) is 2.28. The minimum Gasteiger partial charge on any atom is -0.477 e. The summed E-state index contributed by atoms with van der Waals surface area (Å²) in [5, 5.41) is 21.8. The van der Waals surface area contributed by atoms with Gasteiger partial charge in [0.2, 0.25) is 0 Å². The van der Waals surface area contributed by atoms with Crippen molar-refractivity contribution in [2.24, 2.45) is 0 Å². The van der Waals surface area contributed by atoms with Gasteiger partial charge in [-0.05, 0) is 29.8 Å². The number of nitrogens with zero attached hydrogens (tertiary/aromatic N) is 1. The summed E-state index contributed by atoms with van der Waals surface area (Å²) in [5.41, 5.74) is 1.28. The molecule has 22 heavy (non-hydrogen) atoms. The number of benzene rings is 2. The van der Waals surface area contributed by atoms with Gasteiger partial charge in [0.25, 0.3) is 0 Å². The van der Waals surface area contributed by atoms with E-state index < -0.39 is 5.97 Å². The quantitative estimate of drug-likeness (QED) is 0.627. The fraction of sp³-hybridized carbons (Fsp3) is 0. The standard InChI is InChI=1S/C16H10Cl2N2O2/c17-12-5-3-6-13(18)15(12)20-14-7-2-1-4-10(14)8-11(9-19)16(21)22/h1-8,20H,(H,21,22)/b11-8-. The number of anilines is 2. The molecule has 0 aliphatic rings. The van der Waals surface area contributed by atoms with Gasteiger partial charge in [-0.25, -0.2) is 4.79 Å². The summed E-state index contributed by atoms with van der Waals surface area (Å²) in [6, 6.07) is 13.7. The van der Waals surface area contributed by atoms with Gasteiger partial charge in [-0.15, -0.1) is 0 Å². The zero-order valence-electron chi connectivity index (χ0n) is 11.2. The van der Waals surface area contributed by atoms with Gasteiger partial charge in [0.15, 0.2) is 0 Å². The fourth-order valence-electron chi connectivity index (χ4n) is 1.79. The summed E-state index contributed by atoms with van der Waals surface area (Å²) in [4.78, 5) is 11.0. The molecule has 2 N–H and O–H groups in total. The van der Waals surface area contributed by atoms with Gasteiger partial charge < -0.3 is 10.4 Å². The summed E-state index contributed by atoms with van der Waals surface area (Å²) in [6.45, 7) is 0. The number of hydrogen-bond acceptors (Lipinski definition) is 3. The summed E-state index contributed by atoms with van der Waals surface area (Å²) >= 11 is 12.2. The van der Waals surface area contributed by atoms with Gasteiger partial charge in [0, 0.05) is 5.69 Å². The van der Waals surface area contributed by atoms with Crippen molar-refractivity contribution in [2.75, 3.05) is 5.32 Å². The Bertz CT molecular complexity index is 775. The van der Waals surface area contributed by atoms with Crippen LogP contribution in [-0.2, 0) is 4.79 Å². The summed E-state index contributed by atoms with van der Waals surface area (Å²) < 4.78 is 0. The molecule has 2 rings (SSSR count). The molecule has 0 aromatic heterocycles. The second-order valence-corrected chi connectivity index (χ2v) is 5.10. The van der Waals surface area contributed by atoms with Crippen LogP contribution < -0.4 is 5.32 Å². The van der Waals surface area contributed by atoms with E-state index in [1.807, 2.05) is 0 Å². The Hall–Kier alpha value is -2.48. The maximum Gasteiger partial charge on any atom is 0.346 e. The Kier molecular flexibility index (Phi) is 5.05. The van der Waals surface area contributed by atoms with Crippen molar-refractivity contribution < 1.29 is 9.90 Å². The summed E-state index contributed by atoms with van der Waals surface area (Å²) in [7, 11) is 0. The maximum absolute atomic E-state index is 11.0. The third kappa shape index (κ3) is 3.59. The van der Waals surface area contributed by atoms with E-state index in [0.717, 1.165) is 0 Å². The van der Waals surface area contributed by atoms with Crippen molar-refractivity contribution in [3.05, 3.63) is 63.6 Å². The first kappa shape index (κ1) is 15.9. The number of nitriles is 1. The minimum absolute atomic E-state index is 0.362. The van der Waals surface area contributed by atoms with E-state index in [2.05, 4.69) is 5.32 Å².